The number of nitrogens with zero attached hydrogens (tertiary/aromatic N) is 4. The summed E-state index contributed by atoms with van der Waals surface area (Å²) in [4.78, 5) is 60.5. The minimum Gasteiger partial charge on any atom is -0.378 e. The average Bonchev–Trinajstić information content (AvgIpc) is 3.54. The molecule has 0 radical (unpaired) electrons. The zero-order valence-electron chi connectivity index (χ0n) is 22.9. The number of anilines is 1. The quantitative estimate of drug-likeness (QED) is 0.542. The lowest BCUT2D eigenvalue weighted by Crippen LogP contribution is -2.54. The van der Waals surface area contributed by atoms with Gasteiger partial charge in [-0.2, -0.15) is 0 Å². The third-order valence-corrected chi connectivity index (χ3v) is 8.15. The van der Waals surface area contributed by atoms with Crippen molar-refractivity contribution in [2.45, 2.75) is 44.8 Å². The van der Waals surface area contributed by atoms with Crippen LogP contribution in [-0.4, -0.2) is 122 Å². The number of carbonyl (C=O) groups excluding carboxylic acids is 4. The molecule has 4 fully saturated rings. The molecule has 1 aromatic rings. The van der Waals surface area contributed by atoms with Crippen LogP contribution in [0.5, 0.6) is 0 Å². The molecule has 39 heavy (non-hydrogen) atoms. The van der Waals surface area contributed by atoms with Crippen LogP contribution < -0.4 is 15.5 Å². The lowest BCUT2D eigenvalue weighted by atomic mass is 10.0. The van der Waals surface area contributed by atoms with E-state index in [0.29, 0.717) is 51.3 Å². The fourth-order valence-electron chi connectivity index (χ4n) is 6.14. The molecule has 212 valence electrons. The van der Waals surface area contributed by atoms with Crippen molar-refractivity contribution in [3.8, 4) is 0 Å². The van der Waals surface area contributed by atoms with Crippen LogP contribution in [0.4, 0.5) is 10.5 Å². The van der Waals surface area contributed by atoms with E-state index in [2.05, 4.69) is 15.5 Å². The fourth-order valence-corrected chi connectivity index (χ4v) is 6.14. The van der Waals surface area contributed by atoms with E-state index < -0.39 is 12.1 Å². The first-order valence-electron chi connectivity index (χ1n) is 14.2. The second kappa shape index (κ2) is 11.9. The van der Waals surface area contributed by atoms with Gasteiger partial charge in [0.25, 0.3) is 5.91 Å². The number of ether oxygens (including phenoxy) is 1. The highest BCUT2D eigenvalue weighted by Gasteiger charge is 2.53. The van der Waals surface area contributed by atoms with Gasteiger partial charge in [-0.15, -0.1) is 0 Å². The summed E-state index contributed by atoms with van der Waals surface area (Å²) in [7, 11) is 0. The van der Waals surface area contributed by atoms with Crippen LogP contribution in [0.15, 0.2) is 24.3 Å². The van der Waals surface area contributed by atoms with Crippen molar-refractivity contribution in [2.24, 2.45) is 5.92 Å². The molecule has 0 spiro atoms. The van der Waals surface area contributed by atoms with Gasteiger partial charge < -0.3 is 35.0 Å². The van der Waals surface area contributed by atoms with Crippen LogP contribution in [0.25, 0.3) is 0 Å². The van der Waals surface area contributed by atoms with Crippen LogP contribution in [0.2, 0.25) is 0 Å². The number of likely N-dealkylation sites (tertiary alicyclic amines) is 2. The van der Waals surface area contributed by atoms with Crippen molar-refractivity contribution in [1.29, 1.82) is 0 Å². The number of ketones is 1. The van der Waals surface area contributed by atoms with Gasteiger partial charge >= 0.3 is 6.03 Å². The monoisotopic (exact) mass is 540 g/mol. The lowest BCUT2D eigenvalue weighted by molar-refractivity contribution is -0.138. The second-order valence-electron chi connectivity index (χ2n) is 11.2. The molecule has 1 aromatic carbocycles. The van der Waals surface area contributed by atoms with Gasteiger partial charge in [0.15, 0.2) is 5.78 Å². The first-order chi connectivity index (χ1) is 18.8. The van der Waals surface area contributed by atoms with Crippen LogP contribution in [-0.2, 0) is 14.3 Å². The van der Waals surface area contributed by atoms with Crippen molar-refractivity contribution in [3.63, 3.8) is 0 Å². The van der Waals surface area contributed by atoms with Crippen LogP contribution in [0.3, 0.4) is 0 Å². The lowest BCUT2D eigenvalue weighted by Gasteiger charge is -2.33. The Bertz CT molecular complexity index is 1070. The van der Waals surface area contributed by atoms with E-state index in [1.807, 2.05) is 26.0 Å². The Balaban J connectivity index is 1.25. The van der Waals surface area contributed by atoms with Gasteiger partial charge in [0.1, 0.15) is 12.1 Å². The van der Waals surface area contributed by atoms with E-state index in [-0.39, 0.29) is 42.1 Å². The maximum atomic E-state index is 13.8. The van der Waals surface area contributed by atoms with E-state index in [1.165, 1.54) is 0 Å². The number of morpholine rings is 1. The van der Waals surface area contributed by atoms with Crippen LogP contribution in [0, 0.1) is 5.92 Å². The zero-order chi connectivity index (χ0) is 27.5. The molecule has 11 heteroatoms. The molecular formula is C28H40N6O5. The summed E-state index contributed by atoms with van der Waals surface area (Å²) in [5.41, 5.74) is 1.52. The summed E-state index contributed by atoms with van der Waals surface area (Å²) >= 11 is 0. The summed E-state index contributed by atoms with van der Waals surface area (Å²) in [5, 5.41) is 6.19. The van der Waals surface area contributed by atoms with E-state index >= 15 is 0 Å². The summed E-state index contributed by atoms with van der Waals surface area (Å²) in [5.74, 6) is -0.514. The molecule has 3 unspecified atom stereocenters. The number of Topliss-reactive ketones (excluding diaryl/α,β-unsaturated/α-hetero) is 1. The normalized spacial score (nSPS) is 24.2. The average molecular weight is 541 g/mol. The first kappa shape index (κ1) is 27.4. The summed E-state index contributed by atoms with van der Waals surface area (Å²) < 4.78 is 5.41. The number of hydrogen-bond donors (Lipinski definition) is 2. The van der Waals surface area contributed by atoms with Gasteiger partial charge in [-0.05, 0) is 43.0 Å². The molecular weight excluding hydrogens is 500 g/mol. The first-order valence-corrected chi connectivity index (χ1v) is 14.2. The van der Waals surface area contributed by atoms with Crippen molar-refractivity contribution in [2.75, 3.05) is 70.5 Å². The van der Waals surface area contributed by atoms with Gasteiger partial charge in [0, 0.05) is 57.1 Å². The predicted molar refractivity (Wildman–Crippen MR) is 146 cm³/mol. The molecule has 4 saturated heterocycles. The minimum atomic E-state index is -0.749. The number of carbonyl (C=O) groups is 4. The van der Waals surface area contributed by atoms with Crippen LogP contribution in [0.1, 0.15) is 37.0 Å². The molecule has 4 amide bonds. The molecule has 2 N–H and O–H groups in total. The summed E-state index contributed by atoms with van der Waals surface area (Å²) in [6, 6.07) is 5.57. The number of fused-ring (bicyclic) bond motifs is 1. The number of hydrogen-bond acceptors (Lipinski definition) is 7. The molecule has 4 heterocycles. The fraction of sp³-hybridized carbons (Fsp3) is 0.643. The number of amides is 4. The Morgan fingerprint density at radius 2 is 1.69 bits per heavy atom. The highest BCUT2D eigenvalue weighted by Crippen LogP contribution is 2.31. The number of benzene rings is 1. The predicted octanol–water partition coefficient (Wildman–Crippen LogP) is 0.547. The van der Waals surface area contributed by atoms with Gasteiger partial charge in [-0.1, -0.05) is 13.8 Å². The Labute approximate surface area is 229 Å². The van der Waals surface area contributed by atoms with Gasteiger partial charge in [0.2, 0.25) is 5.91 Å². The van der Waals surface area contributed by atoms with E-state index in [1.54, 1.807) is 26.8 Å². The highest BCUT2D eigenvalue weighted by atomic mass is 16.5. The second-order valence-corrected chi connectivity index (χ2v) is 11.2. The maximum Gasteiger partial charge on any atom is 0.320 e. The molecule has 0 aromatic heterocycles. The van der Waals surface area contributed by atoms with Crippen molar-refractivity contribution in [1.82, 2.24) is 25.3 Å². The molecule has 4 aliphatic heterocycles. The van der Waals surface area contributed by atoms with E-state index in [4.69, 9.17) is 4.74 Å². The third-order valence-electron chi connectivity index (χ3n) is 8.15. The maximum absolute atomic E-state index is 13.8. The van der Waals surface area contributed by atoms with Crippen LogP contribution >= 0.6 is 0 Å². The Morgan fingerprint density at radius 1 is 1.00 bits per heavy atom. The Kier molecular flexibility index (Phi) is 8.37. The third kappa shape index (κ3) is 5.89. The zero-order valence-corrected chi connectivity index (χ0v) is 22.9. The molecule has 0 bridgehead atoms. The molecule has 3 atom stereocenters. The smallest absolute Gasteiger partial charge is 0.320 e. The standard InChI is InChI=1S/C28H40N6O5/c1-19(2)17-22(30-26(36)20-3-5-21(6-4-20)31-13-15-39-16-14-31)27(37)33-10-7-23-25(33)24(35)18-34(23)28(38)32-11-8-29-9-12-32/h3-6,19,22-23,25,29H,7-18H2,1-2H3,(H,30,36). The molecule has 11 nitrogen and oxygen atoms in total. The van der Waals surface area contributed by atoms with Gasteiger partial charge in [-0.3, -0.25) is 14.4 Å². The molecule has 5 rings (SSSR count). The van der Waals surface area contributed by atoms with E-state index in [9.17, 15) is 19.2 Å². The molecule has 0 aliphatic carbocycles. The van der Waals surface area contributed by atoms with Crippen molar-refractivity contribution < 1.29 is 23.9 Å². The Morgan fingerprint density at radius 3 is 2.36 bits per heavy atom. The van der Waals surface area contributed by atoms with Gasteiger partial charge in [-0.25, -0.2) is 4.79 Å². The number of nitrogens with one attached hydrogen (secondary N) is 2. The molecule has 0 saturated carbocycles. The summed E-state index contributed by atoms with van der Waals surface area (Å²) in [6.45, 7) is 10.1. The van der Waals surface area contributed by atoms with Crippen molar-refractivity contribution in [3.05, 3.63) is 29.8 Å². The van der Waals surface area contributed by atoms with E-state index in [0.717, 1.165) is 31.9 Å². The van der Waals surface area contributed by atoms with Crippen molar-refractivity contribution >= 4 is 29.3 Å². The summed E-state index contributed by atoms with van der Waals surface area (Å²) in [6.07, 6.45) is 1.02. The van der Waals surface area contributed by atoms with Gasteiger partial charge in [0.05, 0.1) is 25.8 Å². The molecule has 4 aliphatic rings. The number of piperazine rings is 1. The minimum absolute atomic E-state index is 0.0264. The SMILES string of the molecule is CC(C)CC(NC(=O)c1ccc(N2CCOCC2)cc1)C(=O)N1CCC2C1C(=O)CN2C(=O)N1CCNCC1. The number of rotatable bonds is 6. The topological polar surface area (TPSA) is 115 Å². The highest BCUT2D eigenvalue weighted by molar-refractivity contribution is 6.00. The largest absolute Gasteiger partial charge is 0.378 e. The Hall–Kier alpha value is -3.18. The number of urea groups is 1.